The number of rotatable bonds is 6. The molecule has 6 heteroatoms. The molecule has 1 aliphatic heterocycles. The van der Waals surface area contributed by atoms with Gasteiger partial charge in [0.2, 0.25) is 0 Å². The molecule has 2 heterocycles. The molecule has 2 aromatic carbocycles. The minimum atomic E-state index is -0.462. The molecule has 1 amide bonds. The van der Waals surface area contributed by atoms with Crippen LogP contribution in [0.25, 0.3) is 0 Å². The summed E-state index contributed by atoms with van der Waals surface area (Å²) in [4.78, 5) is 16.9. The summed E-state index contributed by atoms with van der Waals surface area (Å²) in [5, 5.41) is 2.88. The first-order valence-electron chi connectivity index (χ1n) is 9.88. The average Bonchev–Trinajstić information content (AvgIpc) is 3.30. The normalized spacial score (nSPS) is 15.7. The molecule has 1 N–H and O–H groups in total. The van der Waals surface area contributed by atoms with Gasteiger partial charge in [-0.2, -0.15) is 0 Å². The molecular weight excluding hydrogens is 366 g/mol. The molecule has 0 radical (unpaired) electrons. The quantitative estimate of drug-likeness (QED) is 0.690. The molecule has 0 bridgehead atoms. The zero-order chi connectivity index (χ0) is 19.9. The number of furan rings is 1. The van der Waals surface area contributed by atoms with Crippen LogP contribution in [0.4, 0.5) is 10.5 Å². The van der Waals surface area contributed by atoms with Crippen LogP contribution < -0.4 is 15.0 Å². The zero-order valence-corrected chi connectivity index (χ0v) is 16.2. The van der Waals surface area contributed by atoms with Gasteiger partial charge in [0.15, 0.2) is 0 Å². The first-order valence-corrected chi connectivity index (χ1v) is 9.88. The molecule has 1 fully saturated rings. The van der Waals surface area contributed by atoms with Crippen LogP contribution >= 0.6 is 0 Å². The second-order valence-electron chi connectivity index (χ2n) is 6.97. The molecule has 1 aromatic heterocycles. The number of carbonyl (C=O) groups is 1. The van der Waals surface area contributed by atoms with Crippen molar-refractivity contribution in [1.82, 2.24) is 10.2 Å². The molecule has 0 saturated carbocycles. The highest BCUT2D eigenvalue weighted by molar-refractivity contribution is 5.70. The molecule has 1 atom stereocenters. The summed E-state index contributed by atoms with van der Waals surface area (Å²) in [6.45, 7) is 4.04. The van der Waals surface area contributed by atoms with Crippen LogP contribution in [-0.2, 0) is 0 Å². The minimum absolute atomic E-state index is 0.0359. The Kier molecular flexibility index (Phi) is 6.12. The van der Waals surface area contributed by atoms with Crippen molar-refractivity contribution in [2.75, 3.05) is 37.6 Å². The molecule has 150 valence electrons. The summed E-state index contributed by atoms with van der Waals surface area (Å²) in [7, 11) is 0. The number of benzene rings is 2. The van der Waals surface area contributed by atoms with Crippen LogP contribution in [0.3, 0.4) is 0 Å². The van der Waals surface area contributed by atoms with Gasteiger partial charge in [-0.1, -0.05) is 36.4 Å². The molecule has 3 aromatic rings. The van der Waals surface area contributed by atoms with Gasteiger partial charge in [-0.25, -0.2) is 4.79 Å². The summed E-state index contributed by atoms with van der Waals surface area (Å²) in [6.07, 6.45) is 1.21. The van der Waals surface area contributed by atoms with Crippen LogP contribution in [-0.4, -0.2) is 43.7 Å². The summed E-state index contributed by atoms with van der Waals surface area (Å²) >= 11 is 0. The van der Waals surface area contributed by atoms with Crippen molar-refractivity contribution in [2.45, 2.75) is 6.04 Å². The number of nitrogens with zero attached hydrogens (tertiary/aromatic N) is 2. The highest BCUT2D eigenvalue weighted by Crippen LogP contribution is 2.24. The number of ether oxygens (including phenoxy) is 1. The molecule has 6 nitrogen and oxygen atoms in total. The van der Waals surface area contributed by atoms with E-state index in [1.165, 1.54) is 5.69 Å². The Morgan fingerprint density at radius 1 is 0.931 bits per heavy atom. The molecule has 0 aliphatic carbocycles. The number of nitrogens with one attached hydrogen (secondary N) is 1. The van der Waals surface area contributed by atoms with Crippen molar-refractivity contribution in [2.24, 2.45) is 0 Å². The first kappa shape index (κ1) is 19.1. The molecule has 4 rings (SSSR count). The second kappa shape index (κ2) is 9.30. The zero-order valence-electron chi connectivity index (χ0n) is 16.2. The smallest absolute Gasteiger partial charge is 0.412 e. The van der Waals surface area contributed by atoms with Crippen molar-refractivity contribution < 1.29 is 13.9 Å². The van der Waals surface area contributed by atoms with Gasteiger partial charge in [0.1, 0.15) is 11.5 Å². The number of amides is 1. The van der Waals surface area contributed by atoms with Crippen LogP contribution in [0.5, 0.6) is 5.75 Å². The van der Waals surface area contributed by atoms with Gasteiger partial charge in [-0.15, -0.1) is 0 Å². The Bertz CT molecular complexity index is 876. The van der Waals surface area contributed by atoms with E-state index in [4.69, 9.17) is 9.15 Å². The van der Waals surface area contributed by atoms with E-state index in [0.717, 1.165) is 31.9 Å². The van der Waals surface area contributed by atoms with Gasteiger partial charge in [0.05, 0.1) is 12.3 Å². The highest BCUT2D eigenvalue weighted by Gasteiger charge is 2.27. The van der Waals surface area contributed by atoms with E-state index in [1.807, 2.05) is 36.4 Å². The molecular formula is C23H25N3O3. The van der Waals surface area contributed by atoms with Crippen LogP contribution in [0.1, 0.15) is 11.8 Å². The first-order chi connectivity index (χ1) is 14.3. The third kappa shape index (κ3) is 4.97. The number of hydrogen-bond donors (Lipinski definition) is 1. The number of carbonyl (C=O) groups excluding carboxylic acids is 1. The Hall–Kier alpha value is -3.25. The van der Waals surface area contributed by atoms with E-state index in [-0.39, 0.29) is 6.04 Å². The van der Waals surface area contributed by atoms with Crippen molar-refractivity contribution in [3.05, 3.63) is 84.8 Å². The van der Waals surface area contributed by atoms with Gasteiger partial charge in [-0.3, -0.25) is 4.90 Å². The van der Waals surface area contributed by atoms with Gasteiger partial charge < -0.3 is 19.4 Å². The van der Waals surface area contributed by atoms with Crippen LogP contribution in [0, 0.1) is 0 Å². The summed E-state index contributed by atoms with van der Waals surface area (Å²) in [5.41, 5.74) is 1.24. The Balaban J connectivity index is 1.36. The fourth-order valence-corrected chi connectivity index (χ4v) is 3.63. The van der Waals surface area contributed by atoms with E-state index in [9.17, 15) is 4.79 Å². The lowest BCUT2D eigenvalue weighted by Gasteiger charge is -2.39. The van der Waals surface area contributed by atoms with Gasteiger partial charge in [-0.05, 0) is 36.4 Å². The third-order valence-electron chi connectivity index (χ3n) is 5.14. The largest absolute Gasteiger partial charge is 0.468 e. The fraction of sp³-hybridized carbons (Fsp3) is 0.261. The van der Waals surface area contributed by atoms with E-state index in [1.54, 1.807) is 18.4 Å². The standard InChI is InChI=1S/C23H25N3O3/c27-23(29-20-10-5-2-6-11-20)24-18-21(22-12-7-17-28-22)26-15-13-25(14-16-26)19-8-3-1-4-9-19/h1-12,17,21H,13-16,18H2,(H,24,27). The summed E-state index contributed by atoms with van der Waals surface area (Å²) in [5.74, 6) is 1.37. The minimum Gasteiger partial charge on any atom is -0.468 e. The van der Waals surface area contributed by atoms with Crippen molar-refractivity contribution >= 4 is 11.8 Å². The number of piperazine rings is 1. The molecule has 1 aliphatic rings. The average molecular weight is 391 g/mol. The number of para-hydroxylation sites is 2. The monoisotopic (exact) mass is 391 g/mol. The molecule has 1 saturated heterocycles. The van der Waals surface area contributed by atoms with Crippen molar-refractivity contribution in [3.63, 3.8) is 0 Å². The Labute approximate surface area is 170 Å². The summed E-state index contributed by atoms with van der Waals surface area (Å²) < 4.78 is 11.0. The van der Waals surface area contributed by atoms with Gasteiger partial charge in [0.25, 0.3) is 0 Å². The number of hydrogen-bond acceptors (Lipinski definition) is 5. The maximum absolute atomic E-state index is 12.2. The molecule has 0 spiro atoms. The maximum Gasteiger partial charge on any atom is 0.412 e. The van der Waals surface area contributed by atoms with Gasteiger partial charge in [0, 0.05) is 38.4 Å². The van der Waals surface area contributed by atoms with E-state index < -0.39 is 6.09 Å². The highest BCUT2D eigenvalue weighted by atomic mass is 16.6. The fourth-order valence-electron chi connectivity index (χ4n) is 3.63. The third-order valence-corrected chi connectivity index (χ3v) is 5.14. The second-order valence-corrected chi connectivity index (χ2v) is 6.97. The predicted octanol–water partition coefficient (Wildman–Crippen LogP) is 3.93. The maximum atomic E-state index is 12.2. The molecule has 29 heavy (non-hydrogen) atoms. The Morgan fingerprint density at radius 2 is 1.62 bits per heavy atom. The SMILES string of the molecule is O=C(NCC(c1ccco1)N1CCN(c2ccccc2)CC1)Oc1ccccc1. The van der Waals surface area contributed by atoms with Crippen molar-refractivity contribution in [1.29, 1.82) is 0 Å². The lowest BCUT2D eigenvalue weighted by molar-refractivity contribution is 0.155. The summed E-state index contributed by atoms with van der Waals surface area (Å²) in [6, 6.07) is 23.3. The molecule has 1 unspecified atom stereocenters. The van der Waals surface area contributed by atoms with E-state index >= 15 is 0 Å². The van der Waals surface area contributed by atoms with Crippen LogP contribution in [0.15, 0.2) is 83.5 Å². The van der Waals surface area contributed by atoms with E-state index in [0.29, 0.717) is 12.3 Å². The number of anilines is 1. The predicted molar refractivity (Wildman–Crippen MR) is 112 cm³/mol. The lowest BCUT2D eigenvalue weighted by atomic mass is 10.1. The van der Waals surface area contributed by atoms with Crippen LogP contribution in [0.2, 0.25) is 0 Å². The van der Waals surface area contributed by atoms with Crippen molar-refractivity contribution in [3.8, 4) is 5.75 Å². The topological polar surface area (TPSA) is 58.0 Å². The van der Waals surface area contributed by atoms with Gasteiger partial charge >= 0.3 is 6.09 Å². The lowest BCUT2D eigenvalue weighted by Crippen LogP contribution is -2.50. The Morgan fingerprint density at radius 3 is 2.28 bits per heavy atom. The van der Waals surface area contributed by atoms with E-state index in [2.05, 4.69) is 39.4 Å².